The van der Waals surface area contributed by atoms with Gasteiger partial charge < -0.3 is 4.90 Å². The molecule has 0 saturated carbocycles. The Morgan fingerprint density at radius 2 is 2.05 bits per heavy atom. The highest BCUT2D eigenvalue weighted by molar-refractivity contribution is 6.30. The molecular weight excluding hydrogens is 274 g/mol. The van der Waals surface area contributed by atoms with Crippen molar-refractivity contribution in [3.05, 3.63) is 17.0 Å². The normalized spacial score (nSPS) is 19.3. The summed E-state index contributed by atoms with van der Waals surface area (Å²) < 4.78 is 1.81. The number of fused-ring (bicyclic) bond motifs is 1. The van der Waals surface area contributed by atoms with Crippen molar-refractivity contribution in [3.63, 3.8) is 0 Å². The van der Waals surface area contributed by atoms with Crippen LogP contribution >= 0.6 is 11.6 Å². The van der Waals surface area contributed by atoms with Gasteiger partial charge in [-0.15, -0.1) is 0 Å². The Morgan fingerprint density at radius 3 is 2.85 bits per heavy atom. The number of rotatable bonds is 1. The first-order valence-corrected chi connectivity index (χ1v) is 7.46. The Morgan fingerprint density at radius 1 is 1.25 bits per heavy atom. The third-order valence-electron chi connectivity index (χ3n) is 4.21. The van der Waals surface area contributed by atoms with E-state index in [1.54, 1.807) is 4.52 Å². The molecule has 1 fully saturated rings. The summed E-state index contributed by atoms with van der Waals surface area (Å²) in [5, 5.41) is 4.82. The molecule has 6 heteroatoms. The van der Waals surface area contributed by atoms with Gasteiger partial charge in [-0.3, -0.25) is 0 Å². The third kappa shape index (κ3) is 2.35. The highest BCUT2D eigenvalue weighted by Crippen LogP contribution is 2.33. The molecule has 20 heavy (non-hydrogen) atoms. The summed E-state index contributed by atoms with van der Waals surface area (Å²) in [4.78, 5) is 10.8. The number of hydrogen-bond donors (Lipinski definition) is 0. The zero-order valence-electron chi connectivity index (χ0n) is 12.2. The SMILES string of the molecule is Cc1c(Cl)nc2ncnn2c1N1CCCC(C)(C)CC1. The molecule has 5 nitrogen and oxygen atoms in total. The van der Waals surface area contributed by atoms with Gasteiger partial charge in [0, 0.05) is 18.7 Å². The number of aromatic nitrogens is 4. The summed E-state index contributed by atoms with van der Waals surface area (Å²) in [5.41, 5.74) is 1.38. The molecule has 1 aliphatic heterocycles. The standard InChI is InChI=1S/C14H20ClN5/c1-10-11(15)18-13-16-9-17-20(13)12(10)19-7-4-5-14(2,3)6-8-19/h9H,4-8H2,1-3H3. The fraction of sp³-hybridized carbons (Fsp3) is 0.643. The molecule has 108 valence electrons. The molecule has 0 amide bonds. The zero-order chi connectivity index (χ0) is 14.3. The van der Waals surface area contributed by atoms with Crippen LogP contribution in [0.5, 0.6) is 0 Å². The molecule has 2 aromatic heterocycles. The smallest absolute Gasteiger partial charge is 0.255 e. The van der Waals surface area contributed by atoms with Crippen LogP contribution in [0, 0.1) is 12.3 Å². The fourth-order valence-corrected chi connectivity index (χ4v) is 3.05. The summed E-state index contributed by atoms with van der Waals surface area (Å²) in [6.07, 6.45) is 5.14. The first kappa shape index (κ1) is 13.6. The van der Waals surface area contributed by atoms with Gasteiger partial charge in [0.2, 0.25) is 0 Å². The van der Waals surface area contributed by atoms with Crippen molar-refractivity contribution >= 4 is 23.2 Å². The van der Waals surface area contributed by atoms with E-state index < -0.39 is 0 Å². The molecule has 3 rings (SSSR count). The molecule has 1 saturated heterocycles. The van der Waals surface area contributed by atoms with Gasteiger partial charge in [0.05, 0.1) is 0 Å². The van der Waals surface area contributed by atoms with Crippen LogP contribution in [0.25, 0.3) is 5.78 Å². The van der Waals surface area contributed by atoms with Gasteiger partial charge in [-0.05, 0) is 31.6 Å². The van der Waals surface area contributed by atoms with Gasteiger partial charge in [0.15, 0.2) is 0 Å². The lowest BCUT2D eigenvalue weighted by Crippen LogP contribution is -2.28. The van der Waals surface area contributed by atoms with Gasteiger partial charge >= 0.3 is 0 Å². The number of nitrogens with zero attached hydrogens (tertiary/aromatic N) is 5. The highest BCUT2D eigenvalue weighted by Gasteiger charge is 2.26. The Balaban J connectivity index is 2.05. The summed E-state index contributed by atoms with van der Waals surface area (Å²) in [7, 11) is 0. The predicted molar refractivity (Wildman–Crippen MR) is 80.4 cm³/mol. The molecule has 2 aromatic rings. The molecule has 0 atom stereocenters. The zero-order valence-corrected chi connectivity index (χ0v) is 13.0. The monoisotopic (exact) mass is 293 g/mol. The van der Waals surface area contributed by atoms with Crippen molar-refractivity contribution in [2.75, 3.05) is 18.0 Å². The van der Waals surface area contributed by atoms with Crippen LogP contribution in [-0.2, 0) is 0 Å². The fourth-order valence-electron chi connectivity index (χ4n) is 2.89. The number of anilines is 1. The van der Waals surface area contributed by atoms with E-state index in [9.17, 15) is 0 Å². The minimum absolute atomic E-state index is 0.404. The molecule has 0 N–H and O–H groups in total. The highest BCUT2D eigenvalue weighted by atomic mass is 35.5. The predicted octanol–water partition coefficient (Wildman–Crippen LogP) is 3.10. The van der Waals surface area contributed by atoms with Crippen LogP contribution in [0.3, 0.4) is 0 Å². The van der Waals surface area contributed by atoms with E-state index in [2.05, 4.69) is 33.8 Å². The average molecular weight is 294 g/mol. The topological polar surface area (TPSA) is 46.3 Å². The van der Waals surface area contributed by atoms with E-state index in [1.165, 1.54) is 25.6 Å². The van der Waals surface area contributed by atoms with E-state index in [0.717, 1.165) is 24.5 Å². The van der Waals surface area contributed by atoms with Crippen molar-refractivity contribution in [3.8, 4) is 0 Å². The van der Waals surface area contributed by atoms with E-state index in [4.69, 9.17) is 11.6 Å². The van der Waals surface area contributed by atoms with Crippen molar-refractivity contribution in [1.82, 2.24) is 19.6 Å². The lowest BCUT2D eigenvalue weighted by atomic mass is 9.85. The molecule has 0 aliphatic carbocycles. The van der Waals surface area contributed by atoms with Crippen LogP contribution in [-0.4, -0.2) is 32.7 Å². The quantitative estimate of drug-likeness (QED) is 0.758. The summed E-state index contributed by atoms with van der Waals surface area (Å²) in [5.74, 6) is 1.61. The van der Waals surface area contributed by atoms with Crippen LogP contribution < -0.4 is 4.90 Å². The molecule has 1 aliphatic rings. The average Bonchev–Trinajstić information content (AvgIpc) is 2.75. The summed E-state index contributed by atoms with van der Waals surface area (Å²) in [6, 6.07) is 0. The van der Waals surface area contributed by atoms with Crippen LogP contribution in [0.15, 0.2) is 6.33 Å². The second kappa shape index (κ2) is 4.88. The van der Waals surface area contributed by atoms with Crippen LogP contribution in [0.4, 0.5) is 5.82 Å². The second-order valence-electron chi connectivity index (χ2n) is 6.33. The molecular formula is C14H20ClN5. The third-order valence-corrected chi connectivity index (χ3v) is 4.58. The summed E-state index contributed by atoms with van der Waals surface area (Å²) >= 11 is 6.25. The van der Waals surface area contributed by atoms with Crippen molar-refractivity contribution in [1.29, 1.82) is 0 Å². The van der Waals surface area contributed by atoms with E-state index in [1.807, 2.05) is 6.92 Å². The first-order chi connectivity index (χ1) is 9.48. The van der Waals surface area contributed by atoms with Crippen LogP contribution in [0.2, 0.25) is 5.15 Å². The summed E-state index contributed by atoms with van der Waals surface area (Å²) in [6.45, 7) is 8.73. The molecule has 0 bridgehead atoms. The lowest BCUT2D eigenvalue weighted by molar-refractivity contribution is 0.325. The van der Waals surface area contributed by atoms with Crippen molar-refractivity contribution < 1.29 is 0 Å². The maximum atomic E-state index is 6.25. The maximum Gasteiger partial charge on any atom is 0.255 e. The van der Waals surface area contributed by atoms with Crippen LogP contribution in [0.1, 0.15) is 38.7 Å². The van der Waals surface area contributed by atoms with Crippen molar-refractivity contribution in [2.45, 2.75) is 40.0 Å². The Hall–Kier alpha value is -1.36. The van der Waals surface area contributed by atoms with Gasteiger partial charge in [0.25, 0.3) is 5.78 Å². The van der Waals surface area contributed by atoms with Gasteiger partial charge in [-0.1, -0.05) is 25.4 Å². The van der Waals surface area contributed by atoms with Crippen molar-refractivity contribution in [2.24, 2.45) is 5.41 Å². The lowest BCUT2D eigenvalue weighted by Gasteiger charge is -2.26. The van der Waals surface area contributed by atoms with Gasteiger partial charge in [0.1, 0.15) is 17.3 Å². The minimum Gasteiger partial charge on any atom is -0.356 e. The van der Waals surface area contributed by atoms with Gasteiger partial charge in [-0.25, -0.2) is 0 Å². The molecule has 3 heterocycles. The molecule has 0 unspecified atom stereocenters. The van der Waals surface area contributed by atoms with E-state index >= 15 is 0 Å². The minimum atomic E-state index is 0.404. The Labute approximate surface area is 124 Å². The Bertz CT molecular complexity index is 634. The molecule has 0 aromatic carbocycles. The first-order valence-electron chi connectivity index (χ1n) is 7.09. The Kier molecular flexibility index (Phi) is 3.32. The number of halogens is 1. The molecule has 0 radical (unpaired) electrons. The van der Waals surface area contributed by atoms with E-state index in [0.29, 0.717) is 16.3 Å². The van der Waals surface area contributed by atoms with Gasteiger partial charge in [-0.2, -0.15) is 19.6 Å². The molecule has 0 spiro atoms. The maximum absolute atomic E-state index is 6.25. The number of hydrogen-bond acceptors (Lipinski definition) is 4. The second-order valence-corrected chi connectivity index (χ2v) is 6.69. The largest absolute Gasteiger partial charge is 0.356 e. The van der Waals surface area contributed by atoms with E-state index in [-0.39, 0.29) is 0 Å².